The Labute approximate surface area is 193 Å². The van der Waals surface area contributed by atoms with Gasteiger partial charge in [-0.25, -0.2) is 0 Å². The molecule has 5 nitrogen and oxygen atoms in total. The number of phenolic OH excluding ortho intramolecular Hbond substituents is 3. The first-order valence-electron chi connectivity index (χ1n) is 10.6. The summed E-state index contributed by atoms with van der Waals surface area (Å²) in [4.78, 5) is 0. The molecule has 0 radical (unpaired) electrons. The molecule has 0 atom stereocenters. The molecule has 0 heterocycles. The first-order chi connectivity index (χ1) is 15.9. The molecular formula is C28H26O5. The zero-order valence-electron chi connectivity index (χ0n) is 18.8. The summed E-state index contributed by atoms with van der Waals surface area (Å²) >= 11 is 0. The molecule has 33 heavy (non-hydrogen) atoms. The topological polar surface area (TPSA) is 79.2 Å². The first kappa shape index (κ1) is 22.1. The average Bonchev–Trinajstić information content (AvgIpc) is 2.80. The third-order valence-corrected chi connectivity index (χ3v) is 5.60. The van der Waals surface area contributed by atoms with Gasteiger partial charge in [0.25, 0.3) is 0 Å². The molecule has 0 saturated heterocycles. The van der Waals surface area contributed by atoms with Crippen LogP contribution in [0, 0.1) is 13.8 Å². The van der Waals surface area contributed by atoms with Crippen LogP contribution >= 0.6 is 0 Å². The first-order valence-corrected chi connectivity index (χ1v) is 10.6. The van der Waals surface area contributed by atoms with Crippen molar-refractivity contribution in [3.8, 4) is 51.0 Å². The second-order valence-electron chi connectivity index (χ2n) is 8.00. The number of phenols is 3. The molecule has 0 aliphatic carbocycles. The largest absolute Gasteiger partial charge is 0.508 e. The minimum absolute atomic E-state index is 0.0139. The SMILES string of the molecule is COc1c(-c2ccc(O)cc2)cc(C)c(-c2ccc(OCc3ccc(C)cc3)c(O)c2)c1O. The zero-order valence-corrected chi connectivity index (χ0v) is 18.8. The van der Waals surface area contributed by atoms with Crippen molar-refractivity contribution in [1.82, 2.24) is 0 Å². The Morgan fingerprint density at radius 3 is 2.06 bits per heavy atom. The van der Waals surface area contributed by atoms with Gasteiger partial charge in [-0.2, -0.15) is 0 Å². The van der Waals surface area contributed by atoms with Gasteiger partial charge >= 0.3 is 0 Å². The Hall–Kier alpha value is -4.12. The van der Waals surface area contributed by atoms with Gasteiger partial charge in [0.1, 0.15) is 12.4 Å². The molecule has 168 valence electrons. The minimum atomic E-state index is -0.0201. The molecule has 0 fully saturated rings. The van der Waals surface area contributed by atoms with Crippen molar-refractivity contribution in [2.75, 3.05) is 7.11 Å². The molecule has 0 aromatic heterocycles. The molecule has 5 heteroatoms. The van der Waals surface area contributed by atoms with Gasteiger partial charge in [0, 0.05) is 11.1 Å². The number of aromatic hydroxyl groups is 3. The van der Waals surface area contributed by atoms with Crippen molar-refractivity contribution in [2.45, 2.75) is 20.5 Å². The zero-order chi connectivity index (χ0) is 23.5. The van der Waals surface area contributed by atoms with E-state index in [9.17, 15) is 15.3 Å². The summed E-state index contributed by atoms with van der Waals surface area (Å²) in [5.74, 6) is 0.813. The third kappa shape index (κ3) is 4.58. The predicted molar refractivity (Wildman–Crippen MR) is 129 cm³/mol. The van der Waals surface area contributed by atoms with Crippen LogP contribution in [0.1, 0.15) is 16.7 Å². The number of benzene rings is 4. The third-order valence-electron chi connectivity index (χ3n) is 5.60. The maximum atomic E-state index is 11.1. The number of rotatable bonds is 6. The van der Waals surface area contributed by atoms with E-state index < -0.39 is 0 Å². The van der Waals surface area contributed by atoms with E-state index in [0.29, 0.717) is 34.8 Å². The van der Waals surface area contributed by atoms with Crippen LogP contribution in [0.5, 0.6) is 28.7 Å². The van der Waals surface area contributed by atoms with Gasteiger partial charge in [-0.15, -0.1) is 0 Å². The van der Waals surface area contributed by atoms with Gasteiger partial charge in [0.05, 0.1) is 7.11 Å². The van der Waals surface area contributed by atoms with Crippen LogP contribution in [0.2, 0.25) is 0 Å². The number of ether oxygens (including phenoxy) is 2. The quantitative estimate of drug-likeness (QED) is 0.325. The van der Waals surface area contributed by atoms with E-state index in [0.717, 1.165) is 16.7 Å². The van der Waals surface area contributed by atoms with Gasteiger partial charge in [0.15, 0.2) is 23.0 Å². The van der Waals surface area contributed by atoms with E-state index >= 15 is 0 Å². The van der Waals surface area contributed by atoms with E-state index in [1.54, 1.807) is 42.5 Å². The fourth-order valence-electron chi connectivity index (χ4n) is 3.85. The Morgan fingerprint density at radius 1 is 0.758 bits per heavy atom. The maximum Gasteiger partial charge on any atom is 0.168 e. The van der Waals surface area contributed by atoms with Crippen molar-refractivity contribution < 1.29 is 24.8 Å². The lowest BCUT2D eigenvalue weighted by Crippen LogP contribution is -1.97. The van der Waals surface area contributed by atoms with Crippen LogP contribution in [0.4, 0.5) is 0 Å². The van der Waals surface area contributed by atoms with Crippen LogP contribution in [-0.2, 0) is 6.61 Å². The van der Waals surface area contributed by atoms with E-state index in [-0.39, 0.29) is 17.2 Å². The standard InChI is InChI=1S/C28H26O5/c1-17-4-6-19(7-5-17)16-33-25-13-10-21(15-24(25)30)26-18(2)14-23(28(32-3)27(26)31)20-8-11-22(29)12-9-20/h4-15,29-31H,16H2,1-3H3. The fraction of sp³-hybridized carbons (Fsp3) is 0.143. The van der Waals surface area contributed by atoms with Crippen LogP contribution in [-0.4, -0.2) is 22.4 Å². The van der Waals surface area contributed by atoms with Crippen molar-refractivity contribution in [3.05, 3.63) is 89.5 Å². The Bertz CT molecular complexity index is 1280. The van der Waals surface area contributed by atoms with Crippen LogP contribution in [0.15, 0.2) is 72.8 Å². The molecule has 0 amide bonds. The summed E-state index contributed by atoms with van der Waals surface area (Å²) in [6, 6.07) is 21.7. The number of methoxy groups -OCH3 is 1. The highest BCUT2D eigenvalue weighted by molar-refractivity contribution is 5.86. The minimum Gasteiger partial charge on any atom is -0.508 e. The molecule has 0 unspecified atom stereocenters. The lowest BCUT2D eigenvalue weighted by Gasteiger charge is -2.18. The molecule has 0 aliphatic rings. The van der Waals surface area contributed by atoms with Crippen LogP contribution < -0.4 is 9.47 Å². The normalized spacial score (nSPS) is 10.8. The lowest BCUT2D eigenvalue weighted by atomic mass is 9.93. The van der Waals surface area contributed by atoms with Crippen molar-refractivity contribution in [2.24, 2.45) is 0 Å². The number of hydrogen-bond acceptors (Lipinski definition) is 5. The second kappa shape index (κ2) is 9.17. The van der Waals surface area contributed by atoms with E-state index in [2.05, 4.69) is 0 Å². The van der Waals surface area contributed by atoms with Crippen molar-refractivity contribution in [3.63, 3.8) is 0 Å². The van der Waals surface area contributed by atoms with Crippen molar-refractivity contribution >= 4 is 0 Å². The molecule has 4 rings (SSSR count). The lowest BCUT2D eigenvalue weighted by molar-refractivity contribution is 0.289. The second-order valence-corrected chi connectivity index (χ2v) is 8.00. The van der Waals surface area contributed by atoms with E-state index in [1.807, 2.05) is 44.2 Å². The highest BCUT2D eigenvalue weighted by Crippen LogP contribution is 2.47. The van der Waals surface area contributed by atoms with E-state index in [1.165, 1.54) is 12.7 Å². The summed E-state index contributed by atoms with van der Waals surface area (Å²) < 4.78 is 11.3. The molecule has 4 aromatic carbocycles. The van der Waals surface area contributed by atoms with Gasteiger partial charge in [0.2, 0.25) is 0 Å². The Kier molecular flexibility index (Phi) is 6.13. The molecule has 0 aliphatic heterocycles. The van der Waals surface area contributed by atoms with Gasteiger partial charge in [-0.05, 0) is 66.4 Å². The monoisotopic (exact) mass is 442 g/mol. The molecule has 0 saturated carbocycles. The Morgan fingerprint density at radius 2 is 1.42 bits per heavy atom. The summed E-state index contributed by atoms with van der Waals surface area (Å²) in [6.45, 7) is 4.25. The predicted octanol–water partition coefficient (Wildman–Crippen LogP) is 6.34. The molecule has 0 spiro atoms. The number of aryl methyl sites for hydroxylation is 2. The Balaban J connectivity index is 1.66. The highest BCUT2D eigenvalue weighted by Gasteiger charge is 2.20. The highest BCUT2D eigenvalue weighted by atomic mass is 16.5. The maximum absolute atomic E-state index is 11.1. The van der Waals surface area contributed by atoms with Crippen LogP contribution in [0.25, 0.3) is 22.3 Å². The summed E-state index contributed by atoms with van der Waals surface area (Å²) in [5.41, 5.74) is 5.70. The summed E-state index contributed by atoms with van der Waals surface area (Å²) in [7, 11) is 1.50. The van der Waals surface area contributed by atoms with Gasteiger partial charge < -0.3 is 24.8 Å². The molecular weight excluding hydrogens is 416 g/mol. The van der Waals surface area contributed by atoms with Crippen LogP contribution in [0.3, 0.4) is 0 Å². The number of hydrogen-bond donors (Lipinski definition) is 3. The molecule has 4 aromatic rings. The average molecular weight is 443 g/mol. The summed E-state index contributed by atoms with van der Waals surface area (Å²) in [5, 5.41) is 31.2. The summed E-state index contributed by atoms with van der Waals surface area (Å²) in [6.07, 6.45) is 0. The molecule has 3 N–H and O–H groups in total. The molecule has 0 bridgehead atoms. The smallest absolute Gasteiger partial charge is 0.168 e. The van der Waals surface area contributed by atoms with Gasteiger partial charge in [-0.1, -0.05) is 48.0 Å². The van der Waals surface area contributed by atoms with Crippen molar-refractivity contribution in [1.29, 1.82) is 0 Å². The van der Waals surface area contributed by atoms with E-state index in [4.69, 9.17) is 9.47 Å². The van der Waals surface area contributed by atoms with Gasteiger partial charge in [-0.3, -0.25) is 0 Å². The fourth-order valence-corrected chi connectivity index (χ4v) is 3.85.